The molecule has 2 aromatic rings. The third-order valence-corrected chi connectivity index (χ3v) is 7.01. The fraction of sp³-hybridized carbons (Fsp3) is 0.650. The number of hydrogen-bond acceptors (Lipinski definition) is 7. The van der Waals surface area contributed by atoms with Crippen molar-refractivity contribution in [3.63, 3.8) is 0 Å². The SMILES string of the molecule is CN(C)C(=O)c1cc2cnc(N)nc2n1C1CCCC1.CS(=O)(=O)N1CCCC(O)C1. The van der Waals surface area contributed by atoms with Gasteiger partial charge in [0.15, 0.2) is 0 Å². The summed E-state index contributed by atoms with van der Waals surface area (Å²) < 4.78 is 25.3. The van der Waals surface area contributed by atoms with Crippen molar-refractivity contribution in [1.29, 1.82) is 0 Å². The minimum absolute atomic E-state index is 0.00604. The molecule has 1 saturated heterocycles. The van der Waals surface area contributed by atoms with Gasteiger partial charge in [-0.05, 0) is 31.7 Å². The summed E-state index contributed by atoms with van der Waals surface area (Å²) in [6.45, 7) is 0.814. The number of rotatable bonds is 3. The second-order valence-electron chi connectivity index (χ2n) is 8.46. The monoisotopic (exact) mass is 452 g/mol. The first-order chi connectivity index (χ1) is 14.6. The van der Waals surface area contributed by atoms with Gasteiger partial charge in [-0.2, -0.15) is 9.29 Å². The zero-order valence-corrected chi connectivity index (χ0v) is 19.2. The van der Waals surface area contributed by atoms with E-state index in [1.807, 2.05) is 6.07 Å². The first-order valence-corrected chi connectivity index (χ1v) is 12.4. The van der Waals surface area contributed by atoms with Crippen LogP contribution in [0.1, 0.15) is 55.1 Å². The van der Waals surface area contributed by atoms with E-state index in [-0.39, 0.29) is 18.4 Å². The second-order valence-corrected chi connectivity index (χ2v) is 10.4. The van der Waals surface area contributed by atoms with Crippen LogP contribution in [0.5, 0.6) is 0 Å². The molecule has 4 rings (SSSR count). The third-order valence-electron chi connectivity index (χ3n) is 5.74. The number of aliphatic hydroxyl groups excluding tert-OH is 1. The van der Waals surface area contributed by atoms with Crippen LogP contribution in [0.25, 0.3) is 11.0 Å². The zero-order valence-electron chi connectivity index (χ0n) is 18.4. The van der Waals surface area contributed by atoms with E-state index in [1.54, 1.807) is 25.2 Å². The van der Waals surface area contributed by atoms with Crippen molar-refractivity contribution >= 4 is 32.9 Å². The number of β-amino-alcohol motifs (C(OH)–C–C–N with tert-alkyl or cyclic N) is 1. The Morgan fingerprint density at radius 1 is 1.23 bits per heavy atom. The normalized spacial score (nSPS) is 20.5. The van der Waals surface area contributed by atoms with Crippen LogP contribution >= 0.6 is 0 Å². The summed E-state index contributed by atoms with van der Waals surface area (Å²) in [5.41, 5.74) is 7.16. The second kappa shape index (κ2) is 9.49. The lowest BCUT2D eigenvalue weighted by Crippen LogP contribution is -2.41. The molecule has 172 valence electrons. The average molecular weight is 453 g/mol. The zero-order chi connectivity index (χ0) is 22.8. The minimum atomic E-state index is -3.09. The highest BCUT2D eigenvalue weighted by Crippen LogP contribution is 2.34. The van der Waals surface area contributed by atoms with E-state index in [2.05, 4.69) is 14.5 Å². The van der Waals surface area contributed by atoms with Crippen molar-refractivity contribution in [3.8, 4) is 0 Å². The Labute approximate surface area is 183 Å². The summed E-state index contributed by atoms with van der Waals surface area (Å²) in [4.78, 5) is 22.4. The van der Waals surface area contributed by atoms with E-state index >= 15 is 0 Å². The summed E-state index contributed by atoms with van der Waals surface area (Å²) >= 11 is 0. The van der Waals surface area contributed by atoms with Crippen molar-refractivity contribution in [2.45, 2.75) is 50.7 Å². The smallest absolute Gasteiger partial charge is 0.270 e. The van der Waals surface area contributed by atoms with Gasteiger partial charge in [0.1, 0.15) is 11.3 Å². The molecule has 3 heterocycles. The maximum atomic E-state index is 12.4. The molecule has 0 bridgehead atoms. The number of carbonyl (C=O) groups is 1. The molecular formula is C20H32N6O4S. The lowest BCUT2D eigenvalue weighted by molar-refractivity contribution is 0.0815. The van der Waals surface area contributed by atoms with Crippen LogP contribution in [0.2, 0.25) is 0 Å². The van der Waals surface area contributed by atoms with Crippen molar-refractivity contribution in [2.24, 2.45) is 0 Å². The number of nitrogen functional groups attached to an aromatic ring is 1. The Kier molecular flexibility index (Phi) is 7.17. The largest absolute Gasteiger partial charge is 0.392 e. The van der Waals surface area contributed by atoms with Gasteiger partial charge in [-0.3, -0.25) is 4.79 Å². The fourth-order valence-electron chi connectivity index (χ4n) is 4.17. The predicted octanol–water partition coefficient (Wildman–Crippen LogP) is 1.23. The standard InChI is InChI=1S/C14H19N5O.C6H13NO3S/c1-18(2)13(20)11-7-9-8-16-14(15)17-12(9)19(11)10-5-3-4-6-10;1-11(9,10)7-4-2-3-6(8)5-7/h7-8,10H,3-6H2,1-2H3,(H2,15,16,17);6,8H,2-5H2,1H3. The molecule has 11 heteroatoms. The highest BCUT2D eigenvalue weighted by Gasteiger charge is 2.26. The summed E-state index contributed by atoms with van der Waals surface area (Å²) in [7, 11) is 0.440. The van der Waals surface area contributed by atoms with Gasteiger partial charge < -0.3 is 20.3 Å². The minimum Gasteiger partial charge on any atom is -0.392 e. The van der Waals surface area contributed by atoms with Gasteiger partial charge in [-0.15, -0.1) is 0 Å². The van der Waals surface area contributed by atoms with Gasteiger partial charge in [0.25, 0.3) is 5.91 Å². The molecular weight excluding hydrogens is 420 g/mol. The number of carbonyl (C=O) groups excluding carboxylic acids is 1. The van der Waals surface area contributed by atoms with E-state index in [0.29, 0.717) is 24.7 Å². The lowest BCUT2D eigenvalue weighted by atomic mass is 10.1. The summed E-state index contributed by atoms with van der Waals surface area (Å²) in [5.74, 6) is 0.243. The van der Waals surface area contributed by atoms with Crippen molar-refractivity contribution in [3.05, 3.63) is 18.0 Å². The molecule has 0 spiro atoms. The molecule has 2 fully saturated rings. The molecule has 1 unspecified atom stereocenters. The van der Waals surface area contributed by atoms with Gasteiger partial charge in [-0.1, -0.05) is 12.8 Å². The van der Waals surface area contributed by atoms with Gasteiger partial charge in [-0.25, -0.2) is 13.4 Å². The van der Waals surface area contributed by atoms with E-state index < -0.39 is 16.1 Å². The topological polar surface area (TPSA) is 135 Å². The van der Waals surface area contributed by atoms with Crippen LogP contribution in [0.15, 0.2) is 12.3 Å². The number of anilines is 1. The Bertz CT molecular complexity index is 1030. The maximum Gasteiger partial charge on any atom is 0.270 e. The maximum absolute atomic E-state index is 12.4. The third kappa shape index (κ3) is 5.52. The first kappa shape index (κ1) is 23.4. The Balaban J connectivity index is 0.000000210. The van der Waals surface area contributed by atoms with Gasteiger partial charge in [0, 0.05) is 44.8 Å². The molecule has 10 nitrogen and oxygen atoms in total. The molecule has 1 saturated carbocycles. The van der Waals surface area contributed by atoms with Crippen LogP contribution in [-0.4, -0.2) is 82.7 Å². The number of piperidine rings is 1. The Hall–Kier alpha value is -2.24. The molecule has 31 heavy (non-hydrogen) atoms. The quantitative estimate of drug-likeness (QED) is 0.715. The van der Waals surface area contributed by atoms with Crippen LogP contribution < -0.4 is 5.73 Å². The van der Waals surface area contributed by atoms with Crippen LogP contribution in [0.3, 0.4) is 0 Å². The molecule has 3 N–H and O–H groups in total. The average Bonchev–Trinajstić information content (AvgIpc) is 3.34. The van der Waals surface area contributed by atoms with E-state index in [4.69, 9.17) is 10.8 Å². The van der Waals surface area contributed by atoms with Gasteiger partial charge in [0.2, 0.25) is 16.0 Å². The summed E-state index contributed by atoms with van der Waals surface area (Å²) in [6, 6.07) is 2.20. The van der Waals surface area contributed by atoms with E-state index in [9.17, 15) is 13.2 Å². The molecule has 2 aromatic heterocycles. The number of hydrogen-bond donors (Lipinski definition) is 2. The number of nitrogens with zero attached hydrogens (tertiary/aromatic N) is 5. The summed E-state index contributed by atoms with van der Waals surface area (Å²) in [5, 5.41) is 10.0. The first-order valence-electron chi connectivity index (χ1n) is 10.6. The number of amides is 1. The van der Waals surface area contributed by atoms with E-state index in [0.717, 1.165) is 30.3 Å². The predicted molar refractivity (Wildman–Crippen MR) is 119 cm³/mol. The van der Waals surface area contributed by atoms with Crippen LogP contribution in [0.4, 0.5) is 5.95 Å². The highest BCUT2D eigenvalue weighted by atomic mass is 32.2. The molecule has 1 aliphatic carbocycles. The summed E-state index contributed by atoms with van der Waals surface area (Å²) in [6.07, 6.45) is 8.42. The van der Waals surface area contributed by atoms with Crippen molar-refractivity contribution in [1.82, 2.24) is 23.7 Å². The number of nitrogens with two attached hydrogens (primary N) is 1. The van der Waals surface area contributed by atoms with Crippen molar-refractivity contribution < 1.29 is 18.3 Å². The molecule has 0 aromatic carbocycles. The highest BCUT2D eigenvalue weighted by molar-refractivity contribution is 7.88. The molecule has 1 aliphatic heterocycles. The fourth-order valence-corrected chi connectivity index (χ4v) is 5.07. The van der Waals surface area contributed by atoms with Crippen LogP contribution in [-0.2, 0) is 10.0 Å². The molecule has 1 amide bonds. The number of fused-ring (bicyclic) bond motifs is 1. The van der Waals surface area contributed by atoms with Crippen molar-refractivity contribution in [2.75, 3.05) is 39.2 Å². The number of aromatic nitrogens is 3. The lowest BCUT2D eigenvalue weighted by Gasteiger charge is -2.27. The molecule has 0 radical (unpaired) electrons. The molecule has 1 atom stereocenters. The van der Waals surface area contributed by atoms with Crippen LogP contribution in [0, 0.1) is 0 Å². The van der Waals surface area contributed by atoms with E-state index in [1.165, 1.54) is 23.4 Å². The van der Waals surface area contributed by atoms with Gasteiger partial charge >= 0.3 is 0 Å². The Morgan fingerprint density at radius 3 is 2.45 bits per heavy atom. The number of aliphatic hydroxyl groups is 1. The number of sulfonamides is 1. The van der Waals surface area contributed by atoms with Gasteiger partial charge in [0.05, 0.1) is 12.4 Å². The molecule has 2 aliphatic rings. The Morgan fingerprint density at radius 2 is 1.90 bits per heavy atom.